The number of hydrogen-bond donors (Lipinski definition) is 2. The number of carbonyl (C=O) groups excluding carboxylic acids is 1. The van der Waals surface area contributed by atoms with E-state index in [1.54, 1.807) is 12.1 Å². The second kappa shape index (κ2) is 4.23. The Morgan fingerprint density at radius 1 is 1.32 bits per heavy atom. The lowest BCUT2D eigenvalue weighted by molar-refractivity contribution is 0.0696. The van der Waals surface area contributed by atoms with Gasteiger partial charge in [-0.1, -0.05) is 20.8 Å². The SMILES string of the molecule is Cc1[nH]c2c(C(C)(C)C)cc(C(=O)O)cc2c1C=O. The van der Waals surface area contributed by atoms with Crippen LogP contribution in [0.15, 0.2) is 12.1 Å². The van der Waals surface area contributed by atoms with Gasteiger partial charge in [0.05, 0.1) is 11.1 Å². The second-order valence-corrected chi connectivity index (χ2v) is 5.78. The van der Waals surface area contributed by atoms with Crippen LogP contribution in [-0.2, 0) is 5.41 Å². The Hall–Kier alpha value is -2.10. The van der Waals surface area contributed by atoms with Crippen LogP contribution in [0.5, 0.6) is 0 Å². The van der Waals surface area contributed by atoms with Crippen LogP contribution in [0.2, 0.25) is 0 Å². The molecule has 4 nitrogen and oxygen atoms in total. The van der Waals surface area contributed by atoms with Crippen molar-refractivity contribution in [1.29, 1.82) is 0 Å². The number of H-pyrrole nitrogens is 1. The van der Waals surface area contributed by atoms with Gasteiger partial charge in [0.15, 0.2) is 6.29 Å². The molecule has 0 aliphatic heterocycles. The number of nitrogens with one attached hydrogen (secondary N) is 1. The molecule has 19 heavy (non-hydrogen) atoms. The molecule has 1 aromatic heterocycles. The summed E-state index contributed by atoms with van der Waals surface area (Å²) in [7, 11) is 0. The molecule has 0 atom stereocenters. The van der Waals surface area contributed by atoms with Crippen molar-refractivity contribution in [3.05, 3.63) is 34.5 Å². The zero-order chi connectivity index (χ0) is 14.4. The highest BCUT2D eigenvalue weighted by molar-refractivity contribution is 6.03. The van der Waals surface area contributed by atoms with Crippen LogP contribution in [-0.4, -0.2) is 22.3 Å². The van der Waals surface area contributed by atoms with E-state index in [0.29, 0.717) is 10.9 Å². The molecular weight excluding hydrogens is 242 g/mol. The molecule has 0 unspecified atom stereocenters. The lowest BCUT2D eigenvalue weighted by Gasteiger charge is -2.20. The third-order valence-corrected chi connectivity index (χ3v) is 3.32. The monoisotopic (exact) mass is 259 g/mol. The summed E-state index contributed by atoms with van der Waals surface area (Å²) in [5.74, 6) is -0.983. The van der Waals surface area contributed by atoms with Crippen LogP contribution in [0.4, 0.5) is 0 Å². The maximum absolute atomic E-state index is 11.2. The summed E-state index contributed by atoms with van der Waals surface area (Å²) >= 11 is 0. The molecule has 4 heteroatoms. The summed E-state index contributed by atoms with van der Waals surface area (Å²) in [6.07, 6.45) is 0.770. The Bertz CT molecular complexity index is 675. The van der Waals surface area contributed by atoms with Crippen molar-refractivity contribution >= 4 is 23.2 Å². The zero-order valence-corrected chi connectivity index (χ0v) is 11.5. The Morgan fingerprint density at radius 3 is 2.42 bits per heavy atom. The molecule has 0 amide bonds. The molecule has 0 spiro atoms. The molecule has 0 saturated heterocycles. The number of aromatic amines is 1. The van der Waals surface area contributed by atoms with Gasteiger partial charge in [-0.3, -0.25) is 4.79 Å². The van der Waals surface area contributed by atoms with Gasteiger partial charge in [-0.05, 0) is 30.0 Å². The van der Waals surface area contributed by atoms with Crippen LogP contribution in [0.25, 0.3) is 10.9 Å². The number of aldehydes is 1. The number of carboxylic acids is 1. The molecule has 0 radical (unpaired) electrons. The smallest absolute Gasteiger partial charge is 0.335 e. The van der Waals surface area contributed by atoms with Crippen LogP contribution in [0.3, 0.4) is 0 Å². The van der Waals surface area contributed by atoms with E-state index >= 15 is 0 Å². The van der Waals surface area contributed by atoms with Crippen LogP contribution >= 0.6 is 0 Å². The van der Waals surface area contributed by atoms with E-state index in [0.717, 1.165) is 23.1 Å². The molecule has 1 aromatic carbocycles. The van der Waals surface area contributed by atoms with Gasteiger partial charge in [-0.2, -0.15) is 0 Å². The Kier molecular flexibility index (Phi) is 2.97. The highest BCUT2D eigenvalue weighted by Crippen LogP contribution is 2.33. The van der Waals surface area contributed by atoms with E-state index in [1.165, 1.54) is 0 Å². The van der Waals surface area contributed by atoms with Crippen molar-refractivity contribution in [3.8, 4) is 0 Å². The topological polar surface area (TPSA) is 70.2 Å². The molecule has 1 heterocycles. The Morgan fingerprint density at radius 2 is 1.95 bits per heavy atom. The molecule has 0 aliphatic rings. The number of carbonyl (C=O) groups is 2. The molecule has 0 saturated carbocycles. The fourth-order valence-electron chi connectivity index (χ4n) is 2.31. The molecule has 2 N–H and O–H groups in total. The molecule has 0 fully saturated rings. The summed E-state index contributed by atoms with van der Waals surface area (Å²) in [5, 5.41) is 9.88. The van der Waals surface area contributed by atoms with Gasteiger partial charge in [0, 0.05) is 16.6 Å². The summed E-state index contributed by atoms with van der Waals surface area (Å²) < 4.78 is 0. The number of carboxylic acid groups (broad SMARTS) is 1. The van der Waals surface area contributed by atoms with E-state index in [-0.39, 0.29) is 11.0 Å². The minimum atomic E-state index is -0.983. The highest BCUT2D eigenvalue weighted by Gasteiger charge is 2.22. The van der Waals surface area contributed by atoms with Crippen LogP contribution in [0.1, 0.15) is 52.7 Å². The van der Waals surface area contributed by atoms with Gasteiger partial charge in [0.25, 0.3) is 0 Å². The van der Waals surface area contributed by atoms with Crippen molar-refractivity contribution in [2.75, 3.05) is 0 Å². The first-order chi connectivity index (χ1) is 8.75. The summed E-state index contributed by atoms with van der Waals surface area (Å²) in [6.45, 7) is 7.87. The molecule has 100 valence electrons. The third kappa shape index (κ3) is 2.14. The van der Waals surface area contributed by atoms with E-state index in [9.17, 15) is 14.7 Å². The average Bonchev–Trinajstić information content (AvgIpc) is 2.61. The summed E-state index contributed by atoms with van der Waals surface area (Å²) in [5.41, 5.74) is 3.04. The largest absolute Gasteiger partial charge is 0.478 e. The number of rotatable bonds is 2. The lowest BCUT2D eigenvalue weighted by atomic mass is 9.84. The third-order valence-electron chi connectivity index (χ3n) is 3.32. The predicted molar refractivity (Wildman–Crippen MR) is 74.1 cm³/mol. The van der Waals surface area contributed by atoms with Gasteiger partial charge in [-0.15, -0.1) is 0 Å². The first kappa shape index (κ1) is 13.3. The maximum atomic E-state index is 11.2. The zero-order valence-electron chi connectivity index (χ0n) is 11.5. The van der Waals surface area contributed by atoms with E-state index in [1.807, 2.05) is 27.7 Å². The van der Waals surface area contributed by atoms with Gasteiger partial charge in [0.1, 0.15) is 0 Å². The first-order valence-corrected chi connectivity index (χ1v) is 6.11. The maximum Gasteiger partial charge on any atom is 0.335 e. The number of benzene rings is 1. The number of hydrogen-bond acceptors (Lipinski definition) is 2. The van der Waals surface area contributed by atoms with Crippen molar-refractivity contribution in [2.24, 2.45) is 0 Å². The molecule has 0 bridgehead atoms. The van der Waals surface area contributed by atoms with Crippen LogP contribution < -0.4 is 0 Å². The van der Waals surface area contributed by atoms with E-state index in [2.05, 4.69) is 4.98 Å². The van der Waals surface area contributed by atoms with Gasteiger partial charge in [-0.25, -0.2) is 4.79 Å². The Labute approximate surface area is 111 Å². The minimum absolute atomic E-state index is 0.207. The number of fused-ring (bicyclic) bond motifs is 1. The fourth-order valence-corrected chi connectivity index (χ4v) is 2.31. The highest BCUT2D eigenvalue weighted by atomic mass is 16.4. The second-order valence-electron chi connectivity index (χ2n) is 5.78. The lowest BCUT2D eigenvalue weighted by Crippen LogP contribution is -2.13. The Balaban J connectivity index is 2.94. The predicted octanol–water partition coefficient (Wildman–Crippen LogP) is 3.28. The molecule has 2 rings (SSSR count). The fraction of sp³-hybridized carbons (Fsp3) is 0.333. The summed E-state index contributed by atoms with van der Waals surface area (Å²) in [4.78, 5) is 25.6. The van der Waals surface area contributed by atoms with Gasteiger partial charge >= 0.3 is 5.97 Å². The number of aromatic carboxylic acids is 1. The van der Waals surface area contributed by atoms with Crippen LogP contribution in [0, 0.1) is 6.92 Å². The normalized spacial score (nSPS) is 11.8. The van der Waals surface area contributed by atoms with Crippen molar-refractivity contribution in [3.63, 3.8) is 0 Å². The minimum Gasteiger partial charge on any atom is -0.478 e. The first-order valence-electron chi connectivity index (χ1n) is 6.11. The van der Waals surface area contributed by atoms with E-state index < -0.39 is 5.97 Å². The van der Waals surface area contributed by atoms with Gasteiger partial charge < -0.3 is 10.1 Å². The van der Waals surface area contributed by atoms with Crippen molar-refractivity contribution in [1.82, 2.24) is 4.98 Å². The summed E-state index contributed by atoms with van der Waals surface area (Å²) in [6, 6.07) is 3.23. The molecular formula is C15H17NO3. The number of aromatic nitrogens is 1. The quantitative estimate of drug-likeness (QED) is 0.813. The standard InChI is InChI=1S/C15H17NO3/c1-8-11(7-17)10-5-9(14(18)19)6-12(13(10)16-8)15(2,3)4/h5-7,16H,1-4H3,(H,18,19). The van der Waals surface area contributed by atoms with Crippen molar-refractivity contribution in [2.45, 2.75) is 33.1 Å². The number of aryl methyl sites for hydroxylation is 1. The van der Waals surface area contributed by atoms with E-state index in [4.69, 9.17) is 0 Å². The molecule has 0 aliphatic carbocycles. The molecule has 2 aromatic rings. The van der Waals surface area contributed by atoms with Crippen molar-refractivity contribution < 1.29 is 14.7 Å². The average molecular weight is 259 g/mol. The van der Waals surface area contributed by atoms with Gasteiger partial charge in [0.2, 0.25) is 0 Å².